The second-order valence-electron chi connectivity index (χ2n) is 5.81. The highest BCUT2D eigenvalue weighted by atomic mass is 16.2. The molecule has 0 fully saturated rings. The van der Waals surface area contributed by atoms with Gasteiger partial charge < -0.3 is 10.2 Å². The Balaban J connectivity index is 2.11. The van der Waals surface area contributed by atoms with Crippen molar-refractivity contribution in [2.24, 2.45) is 0 Å². The third kappa shape index (κ3) is 5.14. The Morgan fingerprint density at radius 3 is 2.44 bits per heavy atom. The highest BCUT2D eigenvalue weighted by Gasteiger charge is 2.18. The third-order valence-electron chi connectivity index (χ3n) is 3.94. The normalized spacial score (nSPS) is 10.3. The van der Waals surface area contributed by atoms with Gasteiger partial charge in [-0.3, -0.25) is 14.6 Å². The van der Waals surface area contributed by atoms with Crippen LogP contribution in [0.2, 0.25) is 0 Å². The van der Waals surface area contributed by atoms with Gasteiger partial charge in [0.05, 0.1) is 11.1 Å². The van der Waals surface area contributed by atoms with Crippen molar-refractivity contribution >= 4 is 17.5 Å². The van der Waals surface area contributed by atoms with Gasteiger partial charge in [0.2, 0.25) is 0 Å². The summed E-state index contributed by atoms with van der Waals surface area (Å²) in [6, 6.07) is 11.1. The molecule has 0 aliphatic rings. The van der Waals surface area contributed by atoms with Crippen molar-refractivity contribution < 1.29 is 9.59 Å². The number of aromatic nitrogens is 1. The molecule has 1 heterocycles. The van der Waals surface area contributed by atoms with Crippen LogP contribution in [0, 0.1) is 0 Å². The molecule has 1 aromatic heterocycles. The van der Waals surface area contributed by atoms with Gasteiger partial charge in [0.25, 0.3) is 11.8 Å². The number of rotatable bonds is 8. The molecule has 2 aromatic rings. The molecule has 25 heavy (non-hydrogen) atoms. The van der Waals surface area contributed by atoms with E-state index < -0.39 is 0 Å². The fourth-order valence-electron chi connectivity index (χ4n) is 2.57. The van der Waals surface area contributed by atoms with Crippen LogP contribution in [0.5, 0.6) is 0 Å². The molecule has 0 bridgehead atoms. The van der Waals surface area contributed by atoms with Crippen LogP contribution in [0.25, 0.3) is 0 Å². The molecule has 0 aliphatic heterocycles. The molecule has 1 aromatic carbocycles. The monoisotopic (exact) mass is 339 g/mol. The number of carbonyl (C=O) groups is 2. The number of benzene rings is 1. The lowest BCUT2D eigenvalue weighted by Gasteiger charge is -2.21. The summed E-state index contributed by atoms with van der Waals surface area (Å²) in [5.74, 6) is -0.358. The molecule has 0 saturated carbocycles. The molecule has 5 nitrogen and oxygen atoms in total. The predicted molar refractivity (Wildman–Crippen MR) is 99.9 cm³/mol. The van der Waals surface area contributed by atoms with Crippen LogP contribution in [0.4, 0.5) is 5.69 Å². The SMILES string of the molecule is CCCCCNC(=O)c1cncc(C(=O)N(CC)c2ccccc2)c1. The standard InChI is InChI=1S/C20H25N3O2/c1-3-5-9-12-22-19(24)16-13-17(15-21-14-16)20(25)23(4-2)18-10-7-6-8-11-18/h6-8,10-11,13-15H,3-5,9,12H2,1-2H3,(H,22,24). The number of pyridine rings is 1. The minimum Gasteiger partial charge on any atom is -0.352 e. The number of amides is 2. The van der Waals surface area contributed by atoms with Crippen molar-refractivity contribution in [2.45, 2.75) is 33.1 Å². The molecule has 0 atom stereocenters. The fourth-order valence-corrected chi connectivity index (χ4v) is 2.57. The van der Waals surface area contributed by atoms with Crippen molar-refractivity contribution in [3.05, 3.63) is 59.9 Å². The average Bonchev–Trinajstić information content (AvgIpc) is 2.66. The number of hydrogen-bond donors (Lipinski definition) is 1. The van der Waals surface area contributed by atoms with E-state index in [4.69, 9.17) is 0 Å². The van der Waals surface area contributed by atoms with E-state index in [1.54, 1.807) is 11.0 Å². The van der Waals surface area contributed by atoms with Crippen LogP contribution >= 0.6 is 0 Å². The molecule has 1 N–H and O–H groups in total. The first-order valence-corrected chi connectivity index (χ1v) is 8.77. The molecule has 0 aliphatic carbocycles. The van der Waals surface area contributed by atoms with E-state index in [0.29, 0.717) is 24.2 Å². The van der Waals surface area contributed by atoms with Gasteiger partial charge in [0.15, 0.2) is 0 Å². The maximum absolute atomic E-state index is 12.8. The Morgan fingerprint density at radius 2 is 1.76 bits per heavy atom. The lowest BCUT2D eigenvalue weighted by Crippen LogP contribution is -2.31. The Hall–Kier alpha value is -2.69. The molecule has 0 unspecified atom stereocenters. The first kappa shape index (κ1) is 18.6. The number of nitrogens with one attached hydrogen (secondary N) is 1. The number of carbonyl (C=O) groups excluding carboxylic acids is 2. The van der Waals surface area contributed by atoms with Crippen LogP contribution in [-0.4, -0.2) is 29.9 Å². The van der Waals surface area contributed by atoms with E-state index in [2.05, 4.69) is 17.2 Å². The summed E-state index contributed by atoms with van der Waals surface area (Å²) in [5, 5.41) is 2.87. The topological polar surface area (TPSA) is 62.3 Å². The van der Waals surface area contributed by atoms with Crippen LogP contribution in [-0.2, 0) is 0 Å². The molecule has 0 spiro atoms. The number of unbranched alkanes of at least 4 members (excludes halogenated alkanes) is 2. The number of nitrogens with zero attached hydrogens (tertiary/aromatic N) is 2. The minimum absolute atomic E-state index is 0.165. The van der Waals surface area contributed by atoms with Crippen molar-refractivity contribution in [3.8, 4) is 0 Å². The maximum atomic E-state index is 12.8. The van der Waals surface area contributed by atoms with Crippen LogP contribution in [0.3, 0.4) is 0 Å². The van der Waals surface area contributed by atoms with Gasteiger partial charge in [-0.05, 0) is 31.5 Å². The summed E-state index contributed by atoms with van der Waals surface area (Å²) in [7, 11) is 0. The number of hydrogen-bond acceptors (Lipinski definition) is 3. The van der Waals surface area contributed by atoms with Gasteiger partial charge in [0, 0.05) is 31.2 Å². The Kier molecular flexibility index (Phi) is 7.14. The van der Waals surface area contributed by atoms with Gasteiger partial charge in [-0.2, -0.15) is 0 Å². The predicted octanol–water partition coefficient (Wildman–Crippen LogP) is 3.67. The summed E-state index contributed by atoms with van der Waals surface area (Å²) in [5.41, 5.74) is 1.64. The third-order valence-corrected chi connectivity index (χ3v) is 3.94. The molecular weight excluding hydrogens is 314 g/mol. The quantitative estimate of drug-likeness (QED) is 0.747. The Bertz CT molecular complexity index is 701. The highest BCUT2D eigenvalue weighted by Crippen LogP contribution is 2.16. The highest BCUT2D eigenvalue weighted by molar-refractivity contribution is 6.07. The molecule has 0 radical (unpaired) electrons. The van der Waals surface area contributed by atoms with E-state index >= 15 is 0 Å². The molecule has 5 heteroatoms. The van der Waals surface area contributed by atoms with Crippen molar-refractivity contribution in [3.63, 3.8) is 0 Å². The van der Waals surface area contributed by atoms with Gasteiger partial charge in [-0.25, -0.2) is 0 Å². The van der Waals surface area contributed by atoms with Crippen molar-refractivity contribution in [2.75, 3.05) is 18.0 Å². The van der Waals surface area contributed by atoms with E-state index in [1.807, 2.05) is 37.3 Å². The minimum atomic E-state index is -0.194. The lowest BCUT2D eigenvalue weighted by atomic mass is 10.1. The van der Waals surface area contributed by atoms with Crippen molar-refractivity contribution in [1.82, 2.24) is 10.3 Å². The molecule has 2 rings (SSSR count). The maximum Gasteiger partial charge on any atom is 0.259 e. The van der Waals surface area contributed by atoms with Crippen LogP contribution < -0.4 is 10.2 Å². The van der Waals surface area contributed by atoms with Gasteiger partial charge in [-0.1, -0.05) is 38.0 Å². The summed E-state index contributed by atoms with van der Waals surface area (Å²) in [4.78, 5) is 30.8. The van der Waals surface area contributed by atoms with E-state index in [-0.39, 0.29) is 11.8 Å². The van der Waals surface area contributed by atoms with E-state index in [0.717, 1.165) is 24.9 Å². The van der Waals surface area contributed by atoms with Gasteiger partial charge in [-0.15, -0.1) is 0 Å². The van der Waals surface area contributed by atoms with Crippen molar-refractivity contribution in [1.29, 1.82) is 0 Å². The second kappa shape index (κ2) is 9.57. The van der Waals surface area contributed by atoms with Gasteiger partial charge >= 0.3 is 0 Å². The summed E-state index contributed by atoms with van der Waals surface area (Å²) in [6.45, 7) is 5.21. The molecular formula is C20H25N3O2. The number of anilines is 1. The zero-order valence-corrected chi connectivity index (χ0v) is 14.9. The Labute approximate surface area is 149 Å². The number of para-hydroxylation sites is 1. The molecule has 2 amide bonds. The summed E-state index contributed by atoms with van der Waals surface area (Å²) >= 11 is 0. The molecule has 0 saturated heterocycles. The first-order chi connectivity index (χ1) is 12.2. The zero-order valence-electron chi connectivity index (χ0n) is 14.9. The Morgan fingerprint density at radius 1 is 1.04 bits per heavy atom. The lowest BCUT2D eigenvalue weighted by molar-refractivity contribution is 0.0952. The summed E-state index contributed by atoms with van der Waals surface area (Å²) < 4.78 is 0. The largest absolute Gasteiger partial charge is 0.352 e. The van der Waals surface area contributed by atoms with Gasteiger partial charge in [0.1, 0.15) is 0 Å². The first-order valence-electron chi connectivity index (χ1n) is 8.77. The van der Waals surface area contributed by atoms with Crippen LogP contribution in [0.1, 0.15) is 53.8 Å². The smallest absolute Gasteiger partial charge is 0.259 e. The molecule has 132 valence electrons. The average molecular weight is 339 g/mol. The van der Waals surface area contributed by atoms with E-state index in [9.17, 15) is 9.59 Å². The fraction of sp³-hybridized carbons (Fsp3) is 0.350. The second-order valence-corrected chi connectivity index (χ2v) is 5.81. The zero-order chi connectivity index (χ0) is 18.1. The van der Waals surface area contributed by atoms with E-state index in [1.165, 1.54) is 12.4 Å². The van der Waals surface area contributed by atoms with Crippen LogP contribution in [0.15, 0.2) is 48.8 Å². The summed E-state index contributed by atoms with van der Waals surface area (Å²) in [6.07, 6.45) is 6.13.